The van der Waals surface area contributed by atoms with Gasteiger partial charge in [0.1, 0.15) is 11.8 Å². The highest BCUT2D eigenvalue weighted by Crippen LogP contribution is 2.23. The van der Waals surface area contributed by atoms with Crippen LogP contribution in [0, 0.1) is 17.2 Å². The molecule has 4 heteroatoms. The lowest BCUT2D eigenvalue weighted by Gasteiger charge is -2.17. The molecule has 4 nitrogen and oxygen atoms in total. The normalized spacial score (nSPS) is 21.1. The molecule has 0 saturated carbocycles. The molecule has 1 heterocycles. The Kier molecular flexibility index (Phi) is 3.29. The van der Waals surface area contributed by atoms with Crippen molar-refractivity contribution in [2.75, 3.05) is 13.6 Å². The van der Waals surface area contributed by atoms with Crippen molar-refractivity contribution >= 4 is 5.91 Å². The molecule has 17 heavy (non-hydrogen) atoms. The third-order valence-electron chi connectivity index (χ3n) is 2.93. The van der Waals surface area contributed by atoms with Crippen LogP contribution >= 0.6 is 0 Å². The fourth-order valence-electron chi connectivity index (χ4n) is 1.97. The zero-order valence-electron chi connectivity index (χ0n) is 9.67. The number of likely N-dealkylation sites (tertiary alicyclic amines) is 1. The number of amides is 1. The summed E-state index contributed by atoms with van der Waals surface area (Å²) >= 11 is 0. The average molecular weight is 230 g/mol. The number of nitriles is 1. The number of carbonyl (C=O) groups excluding carboxylic acids is 1. The number of para-hydroxylation sites is 1. The van der Waals surface area contributed by atoms with Crippen LogP contribution in [-0.4, -0.2) is 30.5 Å². The van der Waals surface area contributed by atoms with Crippen molar-refractivity contribution < 1.29 is 9.53 Å². The number of ether oxygens (including phenoxy) is 1. The van der Waals surface area contributed by atoms with Crippen molar-refractivity contribution in [3.8, 4) is 11.8 Å². The Labute approximate surface area is 100 Å². The molecule has 1 saturated heterocycles. The van der Waals surface area contributed by atoms with Crippen molar-refractivity contribution in [1.82, 2.24) is 4.90 Å². The second-order valence-corrected chi connectivity index (χ2v) is 4.22. The van der Waals surface area contributed by atoms with Crippen LogP contribution < -0.4 is 4.74 Å². The maximum Gasteiger partial charge on any atom is 0.222 e. The van der Waals surface area contributed by atoms with Gasteiger partial charge in [-0.1, -0.05) is 18.2 Å². The molecule has 1 amide bonds. The molecule has 1 fully saturated rings. The van der Waals surface area contributed by atoms with Crippen LogP contribution in [0.2, 0.25) is 0 Å². The van der Waals surface area contributed by atoms with Crippen molar-refractivity contribution in [2.45, 2.75) is 12.5 Å². The summed E-state index contributed by atoms with van der Waals surface area (Å²) in [5.74, 6) is 0.700. The molecule has 0 aliphatic carbocycles. The Morgan fingerprint density at radius 3 is 2.71 bits per heavy atom. The second-order valence-electron chi connectivity index (χ2n) is 4.22. The second kappa shape index (κ2) is 4.88. The number of carbonyl (C=O) groups is 1. The Bertz CT molecular complexity index is 438. The van der Waals surface area contributed by atoms with Gasteiger partial charge in [0.2, 0.25) is 5.91 Å². The molecule has 2 atom stereocenters. The van der Waals surface area contributed by atoms with E-state index in [4.69, 9.17) is 10.00 Å². The minimum absolute atomic E-state index is 0.0438. The first kappa shape index (κ1) is 11.5. The largest absolute Gasteiger partial charge is 0.475 e. The van der Waals surface area contributed by atoms with Crippen LogP contribution in [0.25, 0.3) is 0 Å². The quantitative estimate of drug-likeness (QED) is 0.789. The lowest BCUT2D eigenvalue weighted by molar-refractivity contribution is -0.126. The highest BCUT2D eigenvalue weighted by molar-refractivity contribution is 5.78. The number of rotatable bonds is 3. The summed E-state index contributed by atoms with van der Waals surface area (Å²) in [4.78, 5) is 13.1. The summed E-state index contributed by atoms with van der Waals surface area (Å²) in [6, 6.07) is 11.4. The summed E-state index contributed by atoms with van der Waals surface area (Å²) in [5, 5.41) is 9.12. The zero-order valence-corrected chi connectivity index (χ0v) is 9.67. The molecule has 0 aromatic heterocycles. The van der Waals surface area contributed by atoms with Gasteiger partial charge in [-0.15, -0.1) is 0 Å². The van der Waals surface area contributed by atoms with Gasteiger partial charge in [-0.25, -0.2) is 0 Å². The molecule has 1 aromatic carbocycles. The molecule has 88 valence electrons. The standard InChI is InChI=1S/C13H14N2O2/c1-15-9-10(7-13(15)16)12(8-14)17-11-5-3-2-4-6-11/h2-6,10,12H,7,9H2,1H3. The summed E-state index contributed by atoms with van der Waals surface area (Å²) in [5.41, 5.74) is 0. The third-order valence-corrected chi connectivity index (χ3v) is 2.93. The molecule has 0 bridgehead atoms. The maximum atomic E-state index is 11.4. The molecule has 1 aromatic rings. The van der Waals surface area contributed by atoms with E-state index in [1.807, 2.05) is 30.3 Å². The molecule has 1 aliphatic rings. The van der Waals surface area contributed by atoms with Gasteiger partial charge in [-0.05, 0) is 12.1 Å². The van der Waals surface area contributed by atoms with E-state index >= 15 is 0 Å². The Morgan fingerprint density at radius 2 is 2.18 bits per heavy atom. The van der Waals surface area contributed by atoms with E-state index in [9.17, 15) is 4.79 Å². The van der Waals surface area contributed by atoms with Crippen LogP contribution in [0.4, 0.5) is 0 Å². The summed E-state index contributed by atoms with van der Waals surface area (Å²) < 4.78 is 5.60. The molecule has 1 aliphatic heterocycles. The van der Waals surface area contributed by atoms with Gasteiger partial charge >= 0.3 is 0 Å². The van der Waals surface area contributed by atoms with Crippen LogP contribution in [-0.2, 0) is 4.79 Å². The van der Waals surface area contributed by atoms with E-state index in [-0.39, 0.29) is 11.8 Å². The van der Waals surface area contributed by atoms with E-state index in [0.717, 1.165) is 0 Å². The molecule has 0 radical (unpaired) electrons. The molecule has 0 N–H and O–H groups in total. The average Bonchev–Trinajstić information content (AvgIpc) is 2.68. The van der Waals surface area contributed by atoms with E-state index in [1.54, 1.807) is 11.9 Å². The first-order chi connectivity index (χ1) is 8.20. The van der Waals surface area contributed by atoms with Gasteiger partial charge in [-0.3, -0.25) is 4.79 Å². The number of nitrogens with zero attached hydrogens (tertiary/aromatic N) is 2. The van der Waals surface area contributed by atoms with Gasteiger partial charge in [0.15, 0.2) is 6.10 Å². The van der Waals surface area contributed by atoms with Gasteiger partial charge in [0.05, 0.1) is 0 Å². The summed E-state index contributed by atoms with van der Waals surface area (Å²) in [6.07, 6.45) is -0.173. The molecule has 2 unspecified atom stereocenters. The minimum atomic E-state index is -0.564. The van der Waals surface area contributed by atoms with Crippen LogP contribution in [0.1, 0.15) is 6.42 Å². The number of hydrogen-bond donors (Lipinski definition) is 0. The third kappa shape index (κ3) is 2.56. The predicted octanol–water partition coefficient (Wildman–Crippen LogP) is 1.44. The lowest BCUT2D eigenvalue weighted by Crippen LogP contribution is -2.27. The van der Waals surface area contributed by atoms with Crippen molar-refractivity contribution in [2.24, 2.45) is 5.92 Å². The van der Waals surface area contributed by atoms with Crippen LogP contribution in [0.15, 0.2) is 30.3 Å². The number of hydrogen-bond acceptors (Lipinski definition) is 3. The molecular formula is C13H14N2O2. The SMILES string of the molecule is CN1CC(C(C#N)Oc2ccccc2)CC1=O. The highest BCUT2D eigenvalue weighted by Gasteiger charge is 2.34. The molecular weight excluding hydrogens is 216 g/mol. The zero-order chi connectivity index (χ0) is 12.3. The molecule has 0 spiro atoms. The van der Waals surface area contributed by atoms with E-state index in [2.05, 4.69) is 6.07 Å². The summed E-state index contributed by atoms with van der Waals surface area (Å²) in [7, 11) is 1.75. The van der Waals surface area contributed by atoms with Crippen molar-refractivity contribution in [3.63, 3.8) is 0 Å². The van der Waals surface area contributed by atoms with Crippen molar-refractivity contribution in [1.29, 1.82) is 5.26 Å². The van der Waals surface area contributed by atoms with Crippen LogP contribution in [0.5, 0.6) is 5.75 Å². The number of benzene rings is 1. The Hall–Kier alpha value is -2.02. The molecule has 2 rings (SSSR count). The van der Waals surface area contributed by atoms with Gasteiger partial charge < -0.3 is 9.64 Å². The Morgan fingerprint density at radius 1 is 1.47 bits per heavy atom. The topological polar surface area (TPSA) is 53.3 Å². The Balaban J connectivity index is 2.04. The van der Waals surface area contributed by atoms with E-state index in [0.29, 0.717) is 18.7 Å². The predicted molar refractivity (Wildman–Crippen MR) is 62.2 cm³/mol. The lowest BCUT2D eigenvalue weighted by atomic mass is 10.0. The van der Waals surface area contributed by atoms with Crippen LogP contribution in [0.3, 0.4) is 0 Å². The first-order valence-corrected chi connectivity index (χ1v) is 5.56. The van der Waals surface area contributed by atoms with E-state index in [1.165, 1.54) is 0 Å². The summed E-state index contributed by atoms with van der Waals surface area (Å²) in [6.45, 7) is 0.587. The van der Waals surface area contributed by atoms with Gasteiger partial charge in [0, 0.05) is 25.9 Å². The van der Waals surface area contributed by atoms with Gasteiger partial charge in [0.25, 0.3) is 0 Å². The minimum Gasteiger partial charge on any atom is -0.475 e. The smallest absolute Gasteiger partial charge is 0.222 e. The van der Waals surface area contributed by atoms with Crippen molar-refractivity contribution in [3.05, 3.63) is 30.3 Å². The highest BCUT2D eigenvalue weighted by atomic mass is 16.5. The van der Waals surface area contributed by atoms with E-state index < -0.39 is 6.10 Å². The first-order valence-electron chi connectivity index (χ1n) is 5.56. The fourth-order valence-corrected chi connectivity index (χ4v) is 1.97. The van der Waals surface area contributed by atoms with Gasteiger partial charge in [-0.2, -0.15) is 5.26 Å². The fraction of sp³-hybridized carbons (Fsp3) is 0.385. The maximum absolute atomic E-state index is 11.4. The monoisotopic (exact) mass is 230 g/mol.